The largest absolute Gasteiger partial charge is 0.342 e. The Kier molecular flexibility index (Phi) is 3.23. The number of aromatic nitrogens is 2. The Labute approximate surface area is 198 Å². The lowest BCUT2D eigenvalue weighted by molar-refractivity contribution is 0.311. The first kappa shape index (κ1) is 10.4. The molecule has 0 fully saturated rings. The summed E-state index contributed by atoms with van der Waals surface area (Å²) in [6.45, 7) is -4.12. The molecule has 1 aromatic heterocycles. The van der Waals surface area contributed by atoms with Gasteiger partial charge < -0.3 is 9.88 Å². The van der Waals surface area contributed by atoms with Crippen LogP contribution >= 0.6 is 0 Å². The van der Waals surface area contributed by atoms with Crippen LogP contribution in [0.5, 0.6) is 0 Å². The lowest BCUT2D eigenvalue weighted by Crippen LogP contribution is -2.28. The monoisotopic (exact) mass is 419 g/mol. The molecule has 4 rings (SSSR count). The molecule has 3 nitrogen and oxygen atoms in total. The van der Waals surface area contributed by atoms with E-state index in [1.165, 1.54) is 6.07 Å². The second-order valence-electron chi connectivity index (χ2n) is 7.59. The Morgan fingerprint density at radius 3 is 2.97 bits per heavy atom. The maximum absolute atomic E-state index is 14.1. The Morgan fingerprint density at radius 1 is 1.30 bits per heavy atom. The van der Waals surface area contributed by atoms with Crippen LogP contribution in [0.4, 0.5) is 4.39 Å². The Hall–Kier alpha value is -2.20. The van der Waals surface area contributed by atoms with Gasteiger partial charge in [0.15, 0.2) is 0 Å². The number of nitrogens with one attached hydrogen (secondary N) is 1. The predicted molar refractivity (Wildman–Crippen MR) is 122 cm³/mol. The van der Waals surface area contributed by atoms with E-state index in [9.17, 15) is 4.39 Å². The van der Waals surface area contributed by atoms with Crippen molar-refractivity contribution in [2.45, 2.75) is 51.7 Å². The highest BCUT2D eigenvalue weighted by Crippen LogP contribution is 2.44. The van der Waals surface area contributed by atoms with E-state index in [4.69, 9.17) is 17.8 Å². The van der Waals surface area contributed by atoms with Gasteiger partial charge in [-0.15, -0.1) is 0 Å². The van der Waals surface area contributed by atoms with Gasteiger partial charge in [-0.25, -0.2) is 9.37 Å². The number of rotatable bonds is 8. The number of para-hydroxylation sites is 2. The molecule has 0 unspecified atom stereocenters. The topological polar surface area (TPSA) is 31.9 Å². The fraction of sp³-hybridized carbons (Fsp3) is 0.462. The summed E-state index contributed by atoms with van der Waals surface area (Å²) in [5, 5.41) is 0. The molecule has 1 aliphatic carbocycles. The molecule has 0 bridgehead atoms. The second-order valence-corrected chi connectivity index (χ2v) is 7.59. The molecule has 2 aromatic carbocycles. The molecule has 30 heavy (non-hydrogen) atoms. The summed E-state index contributed by atoms with van der Waals surface area (Å²) < 4.78 is 125. The van der Waals surface area contributed by atoms with Gasteiger partial charge in [0, 0.05) is 24.2 Å². The van der Waals surface area contributed by atoms with E-state index in [1.54, 1.807) is 38.1 Å². The van der Waals surface area contributed by atoms with Gasteiger partial charge in [-0.05, 0) is 98.7 Å². The van der Waals surface area contributed by atoms with Crippen LogP contribution in [-0.2, 0) is 12.7 Å². The normalized spacial score (nSPS) is 28.8. The molecule has 3 aromatic rings. The summed E-state index contributed by atoms with van der Waals surface area (Å²) in [4.78, 5) is 6.91. The third kappa shape index (κ3) is 4.75. The van der Waals surface area contributed by atoms with Gasteiger partial charge in [0.05, 0.1) is 11.0 Å². The molecule has 159 valence electrons. The van der Waals surface area contributed by atoms with Gasteiger partial charge in [-0.3, -0.25) is 0 Å². The molecule has 0 amide bonds. The van der Waals surface area contributed by atoms with Crippen molar-refractivity contribution >= 4 is 11.0 Å². The zero-order chi connectivity index (χ0) is 32.6. The highest BCUT2D eigenvalue weighted by atomic mass is 19.1. The number of benzene rings is 2. The van der Waals surface area contributed by atoms with Crippen LogP contribution in [0.3, 0.4) is 0 Å². The molecule has 1 heterocycles. The van der Waals surface area contributed by atoms with Gasteiger partial charge in [0.2, 0.25) is 0 Å². The van der Waals surface area contributed by atoms with E-state index in [-0.39, 0.29) is 22.3 Å². The molecule has 0 aliphatic heterocycles. The maximum atomic E-state index is 14.1. The number of nitrogens with zero attached hydrogens (tertiary/aromatic N) is 2. The van der Waals surface area contributed by atoms with Crippen LogP contribution < -0.4 is 0 Å². The average Bonchev–Trinajstić information content (AvgIpc) is 3.32. The Morgan fingerprint density at radius 2 is 2.17 bits per heavy atom. The molecule has 0 spiro atoms. The lowest BCUT2D eigenvalue weighted by atomic mass is 9.69. The van der Waals surface area contributed by atoms with Crippen molar-refractivity contribution in [3.8, 4) is 0 Å². The van der Waals surface area contributed by atoms with E-state index in [1.807, 2.05) is 0 Å². The molecule has 0 saturated heterocycles. The van der Waals surface area contributed by atoms with Gasteiger partial charge in [-0.2, -0.15) is 0 Å². The highest BCUT2D eigenvalue weighted by Gasteiger charge is 2.32. The number of hydrogen-bond donors (Lipinski definition) is 1. The summed E-state index contributed by atoms with van der Waals surface area (Å²) in [5.41, 5.74) is 0.829. The van der Waals surface area contributed by atoms with Crippen molar-refractivity contribution in [1.29, 1.82) is 0 Å². The molecule has 1 aliphatic rings. The van der Waals surface area contributed by atoms with Crippen LogP contribution in [0.25, 0.3) is 11.0 Å². The minimum absolute atomic E-state index is 0.0856. The third-order valence-electron chi connectivity index (χ3n) is 5.12. The van der Waals surface area contributed by atoms with Crippen LogP contribution in [0.1, 0.15) is 73.7 Å². The number of hydrogen-bond acceptors (Lipinski definition) is 2. The zero-order valence-corrected chi connectivity index (χ0v) is 16.9. The van der Waals surface area contributed by atoms with E-state index < -0.39 is 69.5 Å². The summed E-state index contributed by atoms with van der Waals surface area (Å²) in [7, 11) is 0. The van der Waals surface area contributed by atoms with E-state index in [0.29, 0.717) is 16.6 Å². The number of halogens is 1. The Bertz CT molecular complexity index is 1450. The number of aromatic amines is 1. The van der Waals surface area contributed by atoms with Crippen molar-refractivity contribution in [2.75, 3.05) is 20.0 Å². The summed E-state index contributed by atoms with van der Waals surface area (Å²) in [6, 6.07) is 9.85. The zero-order valence-electron chi connectivity index (χ0n) is 29.9. The third-order valence-corrected chi connectivity index (χ3v) is 5.12. The fourth-order valence-corrected chi connectivity index (χ4v) is 3.76. The first-order chi connectivity index (χ1) is 19.5. The van der Waals surface area contributed by atoms with Crippen LogP contribution in [-0.4, -0.2) is 34.9 Å². The van der Waals surface area contributed by atoms with E-state index >= 15 is 0 Å². The number of imidazole rings is 1. The van der Waals surface area contributed by atoms with E-state index in [0.717, 1.165) is 12.1 Å². The van der Waals surface area contributed by atoms with Crippen molar-refractivity contribution < 1.29 is 22.2 Å². The van der Waals surface area contributed by atoms with Crippen LogP contribution in [0.15, 0.2) is 42.5 Å². The average molecular weight is 420 g/mol. The number of fused-ring (bicyclic) bond motifs is 2. The van der Waals surface area contributed by atoms with Crippen LogP contribution in [0, 0.1) is 17.7 Å². The predicted octanol–water partition coefficient (Wildman–Crippen LogP) is 5.92. The lowest BCUT2D eigenvalue weighted by Gasteiger charge is -2.37. The summed E-state index contributed by atoms with van der Waals surface area (Å²) in [5.74, 6) is -2.51. The maximum Gasteiger partial charge on any atom is 0.123 e. The quantitative estimate of drug-likeness (QED) is 0.492. The minimum Gasteiger partial charge on any atom is -0.342 e. The molecule has 1 radical (unpaired) electrons. The van der Waals surface area contributed by atoms with Gasteiger partial charge >= 0.3 is 0 Å². The van der Waals surface area contributed by atoms with E-state index in [2.05, 4.69) is 9.97 Å². The second kappa shape index (κ2) is 9.30. The first-order valence-electron chi connectivity index (χ1n) is 16.4. The highest BCUT2D eigenvalue weighted by molar-refractivity contribution is 5.74. The standard InChI is InChI=1S/C26H33FN3/c1-18(2)26-19(10-11-20-17-21(27)12-13-22(20)26)14-16-30(3)15-6-9-25-28-23-7-4-5-8-24(23)29-25/h4-5,7-8,12-13,17-18,26H,6,9-11,14-16H2,1-3H3,(H,28,29)/t26-/m0/s1/i3D3,6D2,9D2,10D2,11D2,15D2. The van der Waals surface area contributed by atoms with Gasteiger partial charge in [0.25, 0.3) is 0 Å². The van der Waals surface area contributed by atoms with Crippen molar-refractivity contribution in [2.24, 2.45) is 5.92 Å². The molecule has 4 heteroatoms. The van der Waals surface area contributed by atoms with Crippen molar-refractivity contribution in [3.05, 3.63) is 71.2 Å². The number of H-pyrrole nitrogens is 1. The smallest absolute Gasteiger partial charge is 0.123 e. The minimum atomic E-state index is -3.52. The molecule has 0 saturated carbocycles. The Balaban J connectivity index is 1.74. The van der Waals surface area contributed by atoms with Gasteiger partial charge in [0.1, 0.15) is 11.6 Å². The SMILES string of the molecule is [2H]C([2H])([2H])N(CC[C]1[C@H](C(C)C)c2ccc(F)cc2C([2H])([2H])C1([2H])[2H])C([2H])([2H])C([2H])([2H])C([2H])([2H])c1nc2ccccc2[nH]1. The number of aryl methyl sites for hydroxylation is 2. The fourth-order valence-electron chi connectivity index (χ4n) is 3.76. The first-order valence-corrected chi connectivity index (χ1v) is 9.88. The molecular formula is C26H33FN3. The van der Waals surface area contributed by atoms with Crippen molar-refractivity contribution in [3.63, 3.8) is 0 Å². The molecule has 1 atom stereocenters. The van der Waals surface area contributed by atoms with Gasteiger partial charge in [-0.1, -0.05) is 32.0 Å². The molecular weight excluding hydrogens is 373 g/mol. The van der Waals surface area contributed by atoms with Crippen molar-refractivity contribution in [1.82, 2.24) is 14.9 Å². The summed E-state index contributed by atoms with van der Waals surface area (Å²) in [6.07, 6.45) is -12.6. The van der Waals surface area contributed by atoms with Crippen LogP contribution in [0.2, 0.25) is 0 Å². The molecule has 1 N–H and O–H groups in total. The summed E-state index contributed by atoms with van der Waals surface area (Å²) >= 11 is 0.